The average Bonchev–Trinajstić information content (AvgIpc) is 2.31. The molecule has 2 nitrogen and oxygen atoms in total. The van der Waals surface area contributed by atoms with Gasteiger partial charge in [-0.25, -0.2) is 0 Å². The molecule has 0 heterocycles. The van der Waals surface area contributed by atoms with E-state index in [0.29, 0.717) is 6.10 Å². The molecule has 2 atom stereocenters. The highest BCUT2D eigenvalue weighted by Crippen LogP contribution is 2.19. The van der Waals surface area contributed by atoms with Crippen LogP contribution in [0.4, 0.5) is 0 Å². The molecule has 0 radical (unpaired) electrons. The zero-order valence-corrected chi connectivity index (χ0v) is 9.67. The fraction of sp³-hybridized carbons (Fsp3) is 1.00. The molecule has 1 fully saturated rings. The van der Waals surface area contributed by atoms with E-state index in [0.717, 1.165) is 25.4 Å². The second kappa shape index (κ2) is 6.41. The molecule has 0 spiro atoms. The lowest BCUT2D eigenvalue weighted by atomic mass is 10.1. The maximum atomic E-state index is 6.07. The van der Waals surface area contributed by atoms with Crippen LogP contribution in [0, 0.1) is 5.92 Å². The third-order valence-corrected chi connectivity index (χ3v) is 3.03. The Morgan fingerprint density at radius 1 is 1.21 bits per heavy atom. The molecule has 0 aromatic heterocycles. The fourth-order valence-corrected chi connectivity index (χ4v) is 1.96. The number of nitrogens with two attached hydrogens (primary N) is 1. The van der Waals surface area contributed by atoms with E-state index in [2.05, 4.69) is 13.8 Å². The second-order valence-electron chi connectivity index (χ2n) is 4.89. The predicted molar refractivity (Wildman–Crippen MR) is 60.3 cm³/mol. The van der Waals surface area contributed by atoms with Crippen LogP contribution in [0.25, 0.3) is 0 Å². The largest absolute Gasteiger partial charge is 0.377 e. The average molecular weight is 199 g/mol. The van der Waals surface area contributed by atoms with Gasteiger partial charge in [0.2, 0.25) is 0 Å². The van der Waals surface area contributed by atoms with Crippen molar-refractivity contribution in [3.8, 4) is 0 Å². The Bertz CT molecular complexity index is 147. The molecule has 2 N–H and O–H groups in total. The van der Waals surface area contributed by atoms with E-state index in [4.69, 9.17) is 10.5 Å². The van der Waals surface area contributed by atoms with E-state index < -0.39 is 0 Å². The van der Waals surface area contributed by atoms with Gasteiger partial charge in [-0.1, -0.05) is 33.1 Å². The highest BCUT2D eigenvalue weighted by atomic mass is 16.5. The Morgan fingerprint density at radius 2 is 1.93 bits per heavy atom. The first kappa shape index (κ1) is 12.0. The van der Waals surface area contributed by atoms with Crippen molar-refractivity contribution in [1.82, 2.24) is 0 Å². The summed E-state index contributed by atoms with van der Waals surface area (Å²) in [5.41, 5.74) is 6.07. The van der Waals surface area contributed by atoms with Gasteiger partial charge in [0.25, 0.3) is 0 Å². The summed E-state index contributed by atoms with van der Waals surface area (Å²) < 4.78 is 5.86. The fourth-order valence-electron chi connectivity index (χ4n) is 1.96. The SMILES string of the molecule is CC(C)CCOC1CCCCCC1N. The molecule has 1 rings (SSSR count). The number of rotatable bonds is 4. The first-order valence-corrected chi connectivity index (χ1v) is 6.07. The Morgan fingerprint density at radius 3 is 2.64 bits per heavy atom. The van der Waals surface area contributed by atoms with Crippen molar-refractivity contribution in [2.45, 2.75) is 64.5 Å². The lowest BCUT2D eigenvalue weighted by Gasteiger charge is -2.22. The van der Waals surface area contributed by atoms with Crippen molar-refractivity contribution < 1.29 is 4.74 Å². The Labute approximate surface area is 88.2 Å². The van der Waals surface area contributed by atoms with Gasteiger partial charge in [0.05, 0.1) is 6.10 Å². The van der Waals surface area contributed by atoms with Gasteiger partial charge in [0, 0.05) is 12.6 Å². The minimum absolute atomic E-state index is 0.282. The topological polar surface area (TPSA) is 35.2 Å². The number of hydrogen-bond acceptors (Lipinski definition) is 2. The smallest absolute Gasteiger partial charge is 0.0725 e. The molecule has 0 aromatic rings. The molecule has 0 saturated heterocycles. The Balaban J connectivity index is 2.19. The van der Waals surface area contributed by atoms with Crippen LogP contribution in [-0.4, -0.2) is 18.8 Å². The lowest BCUT2D eigenvalue weighted by molar-refractivity contribution is 0.0256. The van der Waals surface area contributed by atoms with Crippen LogP contribution in [0.5, 0.6) is 0 Å². The zero-order valence-electron chi connectivity index (χ0n) is 9.67. The minimum atomic E-state index is 0.282. The quantitative estimate of drug-likeness (QED) is 0.707. The molecule has 0 aromatic carbocycles. The van der Waals surface area contributed by atoms with Crippen molar-refractivity contribution in [3.05, 3.63) is 0 Å². The van der Waals surface area contributed by atoms with E-state index in [-0.39, 0.29) is 6.04 Å². The van der Waals surface area contributed by atoms with Crippen molar-refractivity contribution >= 4 is 0 Å². The Kier molecular flexibility index (Phi) is 5.49. The summed E-state index contributed by atoms with van der Waals surface area (Å²) >= 11 is 0. The summed E-state index contributed by atoms with van der Waals surface area (Å²) in [4.78, 5) is 0. The summed E-state index contributed by atoms with van der Waals surface area (Å²) in [7, 11) is 0. The maximum absolute atomic E-state index is 6.07. The van der Waals surface area contributed by atoms with Crippen LogP contribution in [0.1, 0.15) is 52.4 Å². The normalized spacial score (nSPS) is 29.1. The predicted octanol–water partition coefficient (Wildman–Crippen LogP) is 2.71. The highest BCUT2D eigenvalue weighted by Gasteiger charge is 2.20. The first-order chi connectivity index (χ1) is 6.70. The Hall–Kier alpha value is -0.0800. The zero-order chi connectivity index (χ0) is 10.4. The van der Waals surface area contributed by atoms with Crippen LogP contribution in [0.15, 0.2) is 0 Å². The molecule has 14 heavy (non-hydrogen) atoms. The summed E-state index contributed by atoms with van der Waals surface area (Å²) in [5.74, 6) is 0.733. The molecule has 0 aliphatic heterocycles. The van der Waals surface area contributed by atoms with Crippen molar-refractivity contribution in [1.29, 1.82) is 0 Å². The van der Waals surface area contributed by atoms with E-state index in [1.807, 2.05) is 0 Å². The summed E-state index contributed by atoms with van der Waals surface area (Å²) in [6, 6.07) is 0.282. The number of hydrogen-bond donors (Lipinski definition) is 1. The van der Waals surface area contributed by atoms with E-state index in [9.17, 15) is 0 Å². The van der Waals surface area contributed by atoms with Crippen LogP contribution in [0.3, 0.4) is 0 Å². The third kappa shape index (κ3) is 4.43. The van der Waals surface area contributed by atoms with E-state index in [1.54, 1.807) is 0 Å². The summed E-state index contributed by atoms with van der Waals surface area (Å²) in [6.07, 6.45) is 7.70. The standard InChI is InChI=1S/C12H25NO/c1-10(2)8-9-14-12-7-5-3-4-6-11(12)13/h10-12H,3-9,13H2,1-2H3. The molecular weight excluding hydrogens is 174 g/mol. The van der Waals surface area contributed by atoms with E-state index in [1.165, 1.54) is 25.7 Å². The molecule has 1 aliphatic rings. The van der Waals surface area contributed by atoms with Gasteiger partial charge >= 0.3 is 0 Å². The van der Waals surface area contributed by atoms with Gasteiger partial charge < -0.3 is 10.5 Å². The van der Waals surface area contributed by atoms with Crippen LogP contribution < -0.4 is 5.73 Å². The second-order valence-corrected chi connectivity index (χ2v) is 4.89. The lowest BCUT2D eigenvalue weighted by Crippen LogP contribution is -2.36. The number of ether oxygens (including phenoxy) is 1. The van der Waals surface area contributed by atoms with Gasteiger partial charge in [0.15, 0.2) is 0 Å². The molecule has 0 amide bonds. The van der Waals surface area contributed by atoms with Crippen molar-refractivity contribution in [3.63, 3.8) is 0 Å². The van der Waals surface area contributed by atoms with Gasteiger partial charge in [-0.2, -0.15) is 0 Å². The minimum Gasteiger partial charge on any atom is -0.377 e. The molecule has 2 unspecified atom stereocenters. The third-order valence-electron chi connectivity index (χ3n) is 3.03. The van der Waals surface area contributed by atoms with Gasteiger partial charge in [-0.05, 0) is 25.2 Å². The van der Waals surface area contributed by atoms with Gasteiger partial charge in [-0.15, -0.1) is 0 Å². The maximum Gasteiger partial charge on any atom is 0.0725 e. The molecule has 84 valence electrons. The molecular formula is C12H25NO. The van der Waals surface area contributed by atoms with Crippen LogP contribution in [0.2, 0.25) is 0 Å². The van der Waals surface area contributed by atoms with Gasteiger partial charge in [0.1, 0.15) is 0 Å². The van der Waals surface area contributed by atoms with Gasteiger partial charge in [-0.3, -0.25) is 0 Å². The van der Waals surface area contributed by atoms with E-state index >= 15 is 0 Å². The first-order valence-electron chi connectivity index (χ1n) is 6.07. The molecule has 1 saturated carbocycles. The molecule has 1 aliphatic carbocycles. The highest BCUT2D eigenvalue weighted by molar-refractivity contribution is 4.76. The van der Waals surface area contributed by atoms with Crippen LogP contribution >= 0.6 is 0 Å². The van der Waals surface area contributed by atoms with Crippen molar-refractivity contribution in [2.24, 2.45) is 11.7 Å². The van der Waals surface area contributed by atoms with Crippen LogP contribution in [-0.2, 0) is 4.74 Å². The summed E-state index contributed by atoms with van der Waals surface area (Å²) in [5, 5.41) is 0. The molecule has 0 bridgehead atoms. The monoisotopic (exact) mass is 199 g/mol. The van der Waals surface area contributed by atoms with Crippen molar-refractivity contribution in [2.75, 3.05) is 6.61 Å². The summed E-state index contributed by atoms with van der Waals surface area (Å²) in [6.45, 7) is 5.35. The molecule has 2 heteroatoms.